The SMILES string of the molecule is CCCN1C(=O)C(O)=C(C(=O)CC(C)C)C1c1ccc(O)c(OCC)c1. The maximum Gasteiger partial charge on any atom is 0.290 e. The molecule has 0 aliphatic carbocycles. The van der Waals surface area contributed by atoms with Gasteiger partial charge in [0.2, 0.25) is 0 Å². The number of aromatic hydroxyl groups is 1. The number of aliphatic hydroxyl groups excluding tert-OH is 1. The van der Waals surface area contributed by atoms with Gasteiger partial charge in [0.25, 0.3) is 5.91 Å². The monoisotopic (exact) mass is 361 g/mol. The first kappa shape index (κ1) is 19.8. The Morgan fingerprint density at radius 2 is 1.96 bits per heavy atom. The Morgan fingerprint density at radius 3 is 2.54 bits per heavy atom. The molecule has 1 unspecified atom stereocenters. The first-order valence-electron chi connectivity index (χ1n) is 9.04. The summed E-state index contributed by atoms with van der Waals surface area (Å²) < 4.78 is 5.43. The fraction of sp³-hybridized carbons (Fsp3) is 0.500. The van der Waals surface area contributed by atoms with Crippen molar-refractivity contribution in [1.82, 2.24) is 4.90 Å². The summed E-state index contributed by atoms with van der Waals surface area (Å²) in [4.78, 5) is 26.8. The van der Waals surface area contributed by atoms with Crippen LogP contribution in [0.15, 0.2) is 29.5 Å². The molecule has 0 radical (unpaired) electrons. The molecule has 0 aromatic heterocycles. The lowest BCUT2D eigenvalue weighted by atomic mass is 9.92. The van der Waals surface area contributed by atoms with E-state index in [9.17, 15) is 19.8 Å². The van der Waals surface area contributed by atoms with E-state index in [0.29, 0.717) is 25.1 Å². The number of nitrogens with zero attached hydrogens (tertiary/aromatic N) is 1. The number of carbonyl (C=O) groups excluding carboxylic acids is 2. The van der Waals surface area contributed by atoms with E-state index in [-0.39, 0.29) is 35.2 Å². The molecule has 1 aromatic carbocycles. The Labute approximate surface area is 154 Å². The molecule has 2 rings (SSSR count). The maximum absolute atomic E-state index is 12.7. The van der Waals surface area contributed by atoms with Gasteiger partial charge >= 0.3 is 0 Å². The Morgan fingerprint density at radius 1 is 1.27 bits per heavy atom. The van der Waals surface area contributed by atoms with E-state index < -0.39 is 17.7 Å². The van der Waals surface area contributed by atoms with E-state index in [2.05, 4.69) is 0 Å². The molecule has 0 bridgehead atoms. The largest absolute Gasteiger partial charge is 0.504 e. The molecule has 1 atom stereocenters. The normalized spacial score (nSPS) is 17.3. The van der Waals surface area contributed by atoms with Crippen LogP contribution in [0.5, 0.6) is 11.5 Å². The minimum absolute atomic E-state index is 0.00905. The van der Waals surface area contributed by atoms with E-state index in [1.165, 1.54) is 11.0 Å². The predicted molar refractivity (Wildman–Crippen MR) is 98.1 cm³/mol. The summed E-state index contributed by atoms with van der Waals surface area (Å²) in [5.74, 6) is -0.852. The zero-order chi connectivity index (χ0) is 19.4. The molecule has 0 spiro atoms. The third-order valence-electron chi connectivity index (χ3n) is 4.26. The number of hydrogen-bond acceptors (Lipinski definition) is 5. The zero-order valence-electron chi connectivity index (χ0n) is 15.8. The molecule has 142 valence electrons. The Balaban J connectivity index is 2.53. The number of phenols is 1. The van der Waals surface area contributed by atoms with Gasteiger partial charge in [0, 0.05) is 13.0 Å². The summed E-state index contributed by atoms with van der Waals surface area (Å²) in [5.41, 5.74) is 0.759. The van der Waals surface area contributed by atoms with Crippen molar-refractivity contribution in [3.8, 4) is 11.5 Å². The molecule has 6 heteroatoms. The van der Waals surface area contributed by atoms with Gasteiger partial charge in [0.05, 0.1) is 18.2 Å². The van der Waals surface area contributed by atoms with Gasteiger partial charge in [-0.2, -0.15) is 0 Å². The minimum atomic E-state index is -0.673. The number of Topliss-reactive ketones (excluding diaryl/α,β-unsaturated/α-hetero) is 1. The highest BCUT2D eigenvalue weighted by molar-refractivity contribution is 6.09. The molecule has 0 saturated carbocycles. The van der Waals surface area contributed by atoms with Crippen molar-refractivity contribution in [3.63, 3.8) is 0 Å². The van der Waals surface area contributed by atoms with Gasteiger partial charge in [-0.1, -0.05) is 26.8 Å². The summed E-state index contributed by atoms with van der Waals surface area (Å²) in [6, 6.07) is 4.09. The third-order valence-corrected chi connectivity index (χ3v) is 4.26. The van der Waals surface area contributed by atoms with E-state index in [0.717, 1.165) is 0 Å². The maximum atomic E-state index is 12.7. The predicted octanol–water partition coefficient (Wildman–Crippen LogP) is 3.51. The van der Waals surface area contributed by atoms with E-state index in [4.69, 9.17) is 4.74 Å². The standard InChI is InChI=1S/C20H27NO5/c1-5-9-21-18(13-7-8-14(22)16(11-13)26-6-2)17(19(24)20(21)25)15(23)10-12(3)4/h7-8,11-12,18,22,24H,5-6,9-10H2,1-4H3. The van der Waals surface area contributed by atoms with Crippen LogP contribution in [0.1, 0.15) is 52.1 Å². The third kappa shape index (κ3) is 3.84. The van der Waals surface area contributed by atoms with Crippen molar-refractivity contribution >= 4 is 11.7 Å². The van der Waals surface area contributed by atoms with Gasteiger partial charge in [-0.25, -0.2) is 0 Å². The number of aliphatic hydroxyl groups is 1. The van der Waals surface area contributed by atoms with Crippen molar-refractivity contribution in [2.24, 2.45) is 5.92 Å². The van der Waals surface area contributed by atoms with Crippen molar-refractivity contribution in [3.05, 3.63) is 35.1 Å². The fourth-order valence-corrected chi connectivity index (χ4v) is 3.21. The summed E-state index contributed by atoms with van der Waals surface area (Å²) in [7, 11) is 0. The van der Waals surface area contributed by atoms with Crippen molar-refractivity contribution in [1.29, 1.82) is 0 Å². The summed E-state index contributed by atoms with van der Waals surface area (Å²) in [6.07, 6.45) is 0.942. The highest BCUT2D eigenvalue weighted by atomic mass is 16.5. The fourth-order valence-electron chi connectivity index (χ4n) is 3.21. The van der Waals surface area contributed by atoms with E-state index in [1.807, 2.05) is 20.8 Å². The molecule has 1 aliphatic rings. The number of hydrogen-bond donors (Lipinski definition) is 2. The van der Waals surface area contributed by atoms with Crippen LogP contribution in [0, 0.1) is 5.92 Å². The van der Waals surface area contributed by atoms with Gasteiger partial charge in [-0.15, -0.1) is 0 Å². The van der Waals surface area contributed by atoms with Crippen LogP contribution < -0.4 is 4.74 Å². The van der Waals surface area contributed by atoms with Crippen molar-refractivity contribution in [2.75, 3.05) is 13.2 Å². The van der Waals surface area contributed by atoms with E-state index in [1.54, 1.807) is 19.1 Å². The second kappa shape index (κ2) is 8.25. The molecule has 0 saturated heterocycles. The lowest BCUT2D eigenvalue weighted by Gasteiger charge is -2.27. The van der Waals surface area contributed by atoms with Crippen LogP contribution in [0.3, 0.4) is 0 Å². The first-order chi connectivity index (χ1) is 12.3. The van der Waals surface area contributed by atoms with Gasteiger partial charge in [0.1, 0.15) is 0 Å². The van der Waals surface area contributed by atoms with Crippen LogP contribution in [0.4, 0.5) is 0 Å². The molecule has 1 amide bonds. The Kier molecular flexibility index (Phi) is 6.29. The number of amides is 1. The first-order valence-corrected chi connectivity index (χ1v) is 9.04. The number of carbonyl (C=O) groups is 2. The van der Waals surface area contributed by atoms with Crippen molar-refractivity contribution < 1.29 is 24.5 Å². The Bertz CT molecular complexity index is 723. The average Bonchev–Trinajstić information content (AvgIpc) is 2.82. The molecule has 1 aliphatic heterocycles. The van der Waals surface area contributed by atoms with Crippen LogP contribution in [-0.2, 0) is 9.59 Å². The van der Waals surface area contributed by atoms with Gasteiger partial charge < -0.3 is 19.8 Å². The Hall–Kier alpha value is -2.50. The second-order valence-corrected chi connectivity index (χ2v) is 6.84. The van der Waals surface area contributed by atoms with Gasteiger partial charge in [-0.05, 0) is 37.0 Å². The lowest BCUT2D eigenvalue weighted by Crippen LogP contribution is -2.32. The summed E-state index contributed by atoms with van der Waals surface area (Å²) in [5, 5.41) is 20.3. The number of ketones is 1. The summed E-state index contributed by atoms with van der Waals surface area (Å²) in [6.45, 7) is 8.35. The van der Waals surface area contributed by atoms with Gasteiger partial charge in [-0.3, -0.25) is 9.59 Å². The zero-order valence-corrected chi connectivity index (χ0v) is 15.8. The molecular weight excluding hydrogens is 334 g/mol. The smallest absolute Gasteiger partial charge is 0.290 e. The quantitative estimate of drug-likeness (QED) is 0.740. The molecule has 1 aromatic rings. The number of phenolic OH excluding ortho intramolecular Hbond substituents is 1. The van der Waals surface area contributed by atoms with Crippen LogP contribution in [-0.4, -0.2) is 40.0 Å². The lowest BCUT2D eigenvalue weighted by molar-refractivity contribution is -0.129. The van der Waals surface area contributed by atoms with Crippen LogP contribution in [0.2, 0.25) is 0 Å². The molecule has 6 nitrogen and oxygen atoms in total. The molecule has 2 N–H and O–H groups in total. The van der Waals surface area contributed by atoms with E-state index >= 15 is 0 Å². The highest BCUT2D eigenvalue weighted by Gasteiger charge is 2.43. The number of benzene rings is 1. The second-order valence-electron chi connectivity index (χ2n) is 6.84. The van der Waals surface area contributed by atoms with Crippen molar-refractivity contribution in [2.45, 2.75) is 46.6 Å². The molecule has 0 fully saturated rings. The minimum Gasteiger partial charge on any atom is -0.504 e. The average molecular weight is 361 g/mol. The highest BCUT2D eigenvalue weighted by Crippen LogP contribution is 2.41. The molecular formula is C20H27NO5. The number of ether oxygens (including phenoxy) is 1. The summed E-state index contributed by atoms with van der Waals surface area (Å²) >= 11 is 0. The van der Waals surface area contributed by atoms with Gasteiger partial charge in [0.15, 0.2) is 23.0 Å². The number of rotatable bonds is 8. The topological polar surface area (TPSA) is 87.1 Å². The van der Waals surface area contributed by atoms with Crippen LogP contribution >= 0.6 is 0 Å². The molecule has 1 heterocycles. The van der Waals surface area contributed by atoms with Crippen LogP contribution in [0.25, 0.3) is 0 Å². The molecule has 26 heavy (non-hydrogen) atoms.